The van der Waals surface area contributed by atoms with E-state index in [9.17, 15) is 13.2 Å². The zero-order chi connectivity index (χ0) is 16.2. The maximum Gasteiger partial charge on any atom is 0.352 e. The molecule has 1 aromatic heterocycles. The van der Waals surface area contributed by atoms with Gasteiger partial charge in [0.2, 0.25) is 10.0 Å². The van der Waals surface area contributed by atoms with Gasteiger partial charge in [0.05, 0.1) is 0 Å². The molecule has 0 aromatic carbocycles. The maximum absolute atomic E-state index is 12.2. The van der Waals surface area contributed by atoms with Crippen LogP contribution in [0.4, 0.5) is 0 Å². The third kappa shape index (κ3) is 4.76. The van der Waals surface area contributed by atoms with Gasteiger partial charge in [-0.2, -0.15) is 11.8 Å². The minimum Gasteiger partial charge on any atom is -0.477 e. The number of carboxylic acid groups (broad SMARTS) is 1. The van der Waals surface area contributed by atoms with Crippen LogP contribution in [0.15, 0.2) is 17.2 Å². The number of carbonyl (C=O) groups is 1. The summed E-state index contributed by atoms with van der Waals surface area (Å²) < 4.78 is 28.4. The van der Waals surface area contributed by atoms with Crippen LogP contribution in [0.3, 0.4) is 0 Å². The second kappa shape index (κ2) is 7.33. The number of nitrogens with zero attached hydrogens (tertiary/aromatic N) is 1. The molecule has 1 atom stereocenters. The van der Waals surface area contributed by atoms with Gasteiger partial charge < -0.3 is 9.67 Å². The third-order valence-electron chi connectivity index (χ3n) is 2.98. The van der Waals surface area contributed by atoms with Crippen molar-refractivity contribution in [3.63, 3.8) is 0 Å². The average molecular weight is 334 g/mol. The van der Waals surface area contributed by atoms with Crippen LogP contribution < -0.4 is 4.72 Å². The van der Waals surface area contributed by atoms with Gasteiger partial charge in [-0.3, -0.25) is 0 Å². The van der Waals surface area contributed by atoms with Crippen molar-refractivity contribution in [1.82, 2.24) is 9.29 Å². The van der Waals surface area contributed by atoms with Gasteiger partial charge in [0.15, 0.2) is 0 Å². The lowest BCUT2D eigenvalue weighted by molar-refractivity contribution is 0.0683. The van der Waals surface area contributed by atoms with Crippen LogP contribution in [-0.4, -0.2) is 42.6 Å². The largest absolute Gasteiger partial charge is 0.477 e. The second-order valence-corrected chi connectivity index (χ2v) is 7.96. The minimum atomic E-state index is -3.69. The summed E-state index contributed by atoms with van der Waals surface area (Å²) >= 11 is 1.65. The van der Waals surface area contributed by atoms with Crippen molar-refractivity contribution in [3.05, 3.63) is 18.0 Å². The number of nitrogens with one attached hydrogen (secondary N) is 1. The fourth-order valence-electron chi connectivity index (χ4n) is 1.88. The molecule has 0 amide bonds. The molecular formula is C13H22N2O4S2. The van der Waals surface area contributed by atoms with Crippen LogP contribution in [0, 0.1) is 5.92 Å². The molecule has 8 heteroatoms. The lowest BCUT2D eigenvalue weighted by atomic mass is 10.2. The van der Waals surface area contributed by atoms with Gasteiger partial charge in [-0.15, -0.1) is 0 Å². The zero-order valence-corrected chi connectivity index (χ0v) is 14.3. The summed E-state index contributed by atoms with van der Waals surface area (Å²) in [7, 11) is -3.69. The molecule has 21 heavy (non-hydrogen) atoms. The quantitative estimate of drug-likeness (QED) is 0.759. The van der Waals surface area contributed by atoms with E-state index in [1.165, 1.54) is 16.8 Å². The molecule has 1 heterocycles. The maximum atomic E-state index is 12.2. The molecule has 6 nitrogen and oxygen atoms in total. The highest BCUT2D eigenvalue weighted by molar-refractivity contribution is 7.98. The van der Waals surface area contributed by atoms with E-state index in [1.807, 2.05) is 13.2 Å². The van der Waals surface area contributed by atoms with Crippen molar-refractivity contribution in [1.29, 1.82) is 0 Å². The van der Waals surface area contributed by atoms with Crippen molar-refractivity contribution in [3.8, 4) is 0 Å². The molecule has 0 bridgehead atoms. The fraction of sp³-hybridized carbons (Fsp3) is 0.615. The van der Waals surface area contributed by atoms with Crippen LogP contribution in [0.5, 0.6) is 0 Å². The van der Waals surface area contributed by atoms with Gasteiger partial charge in [-0.05, 0) is 37.8 Å². The molecule has 0 spiro atoms. The Morgan fingerprint density at radius 3 is 2.48 bits per heavy atom. The molecule has 120 valence electrons. The molecule has 0 aliphatic rings. The molecule has 0 aliphatic carbocycles. The van der Waals surface area contributed by atoms with E-state index in [-0.39, 0.29) is 22.5 Å². The van der Waals surface area contributed by atoms with E-state index in [1.54, 1.807) is 25.6 Å². The Labute approximate surface area is 130 Å². The summed E-state index contributed by atoms with van der Waals surface area (Å²) in [5.41, 5.74) is -0.0254. The van der Waals surface area contributed by atoms with Crippen molar-refractivity contribution >= 4 is 27.8 Å². The average Bonchev–Trinajstić information content (AvgIpc) is 2.83. The molecular weight excluding hydrogens is 312 g/mol. The number of carboxylic acids is 1. The fourth-order valence-corrected chi connectivity index (χ4v) is 3.75. The Bertz CT molecular complexity index is 593. The molecule has 1 rings (SSSR count). The van der Waals surface area contributed by atoms with E-state index < -0.39 is 16.0 Å². The van der Waals surface area contributed by atoms with Crippen LogP contribution in [0.2, 0.25) is 0 Å². The van der Waals surface area contributed by atoms with Crippen LogP contribution >= 0.6 is 11.8 Å². The van der Waals surface area contributed by atoms with Gasteiger partial charge in [0.1, 0.15) is 10.6 Å². The number of thioether (sulfide) groups is 1. The first kappa shape index (κ1) is 18.1. The van der Waals surface area contributed by atoms with Crippen LogP contribution in [0.1, 0.15) is 37.3 Å². The van der Waals surface area contributed by atoms with Gasteiger partial charge in [-0.1, -0.05) is 6.92 Å². The summed E-state index contributed by atoms with van der Waals surface area (Å²) in [5.74, 6) is -0.0718. The first-order valence-electron chi connectivity index (χ1n) is 6.62. The molecule has 1 unspecified atom stereocenters. The Balaban J connectivity index is 2.98. The van der Waals surface area contributed by atoms with E-state index in [0.29, 0.717) is 6.54 Å². The topological polar surface area (TPSA) is 88.4 Å². The van der Waals surface area contributed by atoms with Crippen LogP contribution in [-0.2, 0) is 10.0 Å². The predicted octanol–water partition coefficient (Wildman–Crippen LogP) is 2.04. The lowest BCUT2D eigenvalue weighted by Gasteiger charge is -2.11. The SMILES string of the molecule is CSCC(C)CNS(=O)(=O)c1cc(C(=O)O)n(C(C)C)c1. The Morgan fingerprint density at radius 1 is 1.43 bits per heavy atom. The minimum absolute atomic E-state index is 0.00930. The monoisotopic (exact) mass is 334 g/mol. The smallest absolute Gasteiger partial charge is 0.352 e. The Morgan fingerprint density at radius 2 is 2.05 bits per heavy atom. The number of rotatable bonds is 8. The van der Waals surface area contributed by atoms with E-state index >= 15 is 0 Å². The molecule has 1 aromatic rings. The predicted molar refractivity (Wildman–Crippen MR) is 84.5 cm³/mol. The standard InChI is InChI=1S/C13H22N2O4S2/c1-9(2)15-7-11(5-12(15)13(16)17)21(18,19)14-6-10(3)8-20-4/h5,7,9-10,14H,6,8H2,1-4H3,(H,16,17). The summed E-state index contributed by atoms with van der Waals surface area (Å²) in [5, 5.41) is 9.14. The highest BCUT2D eigenvalue weighted by Gasteiger charge is 2.22. The highest BCUT2D eigenvalue weighted by Crippen LogP contribution is 2.19. The molecule has 0 aliphatic heterocycles. The van der Waals surface area contributed by atoms with Gasteiger partial charge in [0, 0.05) is 18.8 Å². The first-order valence-corrected chi connectivity index (χ1v) is 9.50. The molecule has 0 radical (unpaired) electrons. The molecule has 0 fully saturated rings. The van der Waals surface area contributed by atoms with E-state index in [2.05, 4.69) is 4.72 Å². The summed E-state index contributed by atoms with van der Waals surface area (Å²) in [6.45, 7) is 5.90. The number of hydrogen-bond acceptors (Lipinski definition) is 4. The Kier molecular flexibility index (Phi) is 6.30. The number of sulfonamides is 1. The van der Waals surface area contributed by atoms with Crippen molar-refractivity contribution in [2.45, 2.75) is 31.7 Å². The molecule has 0 saturated carbocycles. The summed E-state index contributed by atoms with van der Waals surface area (Å²) in [4.78, 5) is 11.2. The zero-order valence-electron chi connectivity index (χ0n) is 12.7. The third-order valence-corrected chi connectivity index (χ3v) is 5.28. The normalized spacial score (nSPS) is 13.6. The number of hydrogen-bond donors (Lipinski definition) is 2. The molecule has 2 N–H and O–H groups in total. The van der Waals surface area contributed by atoms with E-state index in [0.717, 1.165) is 5.75 Å². The first-order chi connectivity index (χ1) is 9.69. The van der Waals surface area contributed by atoms with Crippen LogP contribution in [0.25, 0.3) is 0 Å². The van der Waals surface area contributed by atoms with Crippen molar-refractivity contribution < 1.29 is 18.3 Å². The lowest BCUT2D eigenvalue weighted by Crippen LogP contribution is -2.29. The molecule has 0 saturated heterocycles. The van der Waals surface area contributed by atoms with Gasteiger partial charge >= 0.3 is 5.97 Å². The summed E-state index contributed by atoms with van der Waals surface area (Å²) in [6.07, 6.45) is 3.34. The van der Waals surface area contributed by atoms with Gasteiger partial charge in [0.25, 0.3) is 0 Å². The van der Waals surface area contributed by atoms with Crippen molar-refractivity contribution in [2.75, 3.05) is 18.6 Å². The summed E-state index contributed by atoms with van der Waals surface area (Å²) in [6, 6.07) is 1.07. The van der Waals surface area contributed by atoms with Gasteiger partial charge in [-0.25, -0.2) is 17.9 Å². The van der Waals surface area contributed by atoms with E-state index in [4.69, 9.17) is 5.11 Å². The Hall–Kier alpha value is -0.990. The van der Waals surface area contributed by atoms with Crippen molar-refractivity contribution in [2.24, 2.45) is 5.92 Å². The number of aromatic carboxylic acids is 1. The second-order valence-electron chi connectivity index (χ2n) is 5.28. The number of aromatic nitrogens is 1. The highest BCUT2D eigenvalue weighted by atomic mass is 32.2.